The average molecular weight is 252 g/mol. The predicted molar refractivity (Wildman–Crippen MR) is 75.6 cm³/mol. The molecule has 0 aromatic heterocycles. The maximum absolute atomic E-state index is 12.0. The van der Waals surface area contributed by atoms with Crippen LogP contribution in [0, 0.1) is 13.8 Å². The van der Waals surface area contributed by atoms with Crippen molar-refractivity contribution in [1.29, 1.82) is 0 Å². The zero-order valence-electron chi connectivity index (χ0n) is 10.8. The molecule has 0 bridgehead atoms. The number of thioether (sulfide) groups is 1. The van der Waals surface area contributed by atoms with Crippen LogP contribution in [0.25, 0.3) is 0 Å². The first-order valence-electron chi connectivity index (χ1n) is 5.62. The van der Waals surface area contributed by atoms with Crippen molar-refractivity contribution in [2.75, 3.05) is 17.7 Å². The fourth-order valence-electron chi connectivity index (χ4n) is 1.71. The standard InChI is InChI=1S/C13H20N2OS/c1-8-5-9(2)12(14)6-11(8)13(16)15-10(3)7-17-4/h5-6,10H,7,14H2,1-4H3,(H,15,16). The Bertz CT molecular complexity index is 418. The molecule has 0 saturated heterocycles. The lowest BCUT2D eigenvalue weighted by atomic mass is 10.0. The van der Waals surface area contributed by atoms with E-state index in [1.54, 1.807) is 17.8 Å². The normalized spacial score (nSPS) is 12.2. The van der Waals surface area contributed by atoms with Gasteiger partial charge in [-0.25, -0.2) is 0 Å². The number of rotatable bonds is 4. The molecule has 1 atom stereocenters. The maximum atomic E-state index is 12.0. The Kier molecular flexibility index (Phi) is 4.87. The van der Waals surface area contributed by atoms with E-state index in [0.717, 1.165) is 16.9 Å². The van der Waals surface area contributed by atoms with Crippen LogP contribution >= 0.6 is 11.8 Å². The number of carbonyl (C=O) groups excluding carboxylic acids is 1. The highest BCUT2D eigenvalue weighted by Gasteiger charge is 2.13. The average Bonchev–Trinajstić information content (AvgIpc) is 2.23. The largest absolute Gasteiger partial charge is 0.398 e. The number of hydrogen-bond acceptors (Lipinski definition) is 3. The summed E-state index contributed by atoms with van der Waals surface area (Å²) < 4.78 is 0. The molecule has 3 N–H and O–H groups in total. The van der Waals surface area contributed by atoms with Crippen LogP contribution in [0.5, 0.6) is 0 Å². The zero-order valence-corrected chi connectivity index (χ0v) is 11.6. The van der Waals surface area contributed by atoms with E-state index in [9.17, 15) is 4.79 Å². The number of nitrogens with two attached hydrogens (primary N) is 1. The SMILES string of the molecule is CSCC(C)NC(=O)c1cc(N)c(C)cc1C. The van der Waals surface area contributed by atoms with E-state index in [-0.39, 0.29) is 11.9 Å². The number of aryl methyl sites for hydroxylation is 2. The van der Waals surface area contributed by atoms with E-state index in [2.05, 4.69) is 5.32 Å². The Labute approximate surface area is 107 Å². The molecule has 3 nitrogen and oxygen atoms in total. The number of benzene rings is 1. The summed E-state index contributed by atoms with van der Waals surface area (Å²) in [7, 11) is 0. The molecule has 0 aliphatic carbocycles. The van der Waals surface area contributed by atoms with Crippen LogP contribution in [0.2, 0.25) is 0 Å². The second-order valence-corrected chi connectivity index (χ2v) is 5.26. The van der Waals surface area contributed by atoms with Gasteiger partial charge in [0.15, 0.2) is 0 Å². The molecule has 1 rings (SSSR count). The van der Waals surface area contributed by atoms with Crippen LogP contribution in [0.3, 0.4) is 0 Å². The number of anilines is 1. The van der Waals surface area contributed by atoms with Crippen molar-refractivity contribution in [3.05, 3.63) is 28.8 Å². The van der Waals surface area contributed by atoms with Crippen molar-refractivity contribution in [2.24, 2.45) is 0 Å². The van der Waals surface area contributed by atoms with Gasteiger partial charge in [-0.05, 0) is 44.2 Å². The molecular weight excluding hydrogens is 232 g/mol. The second-order valence-electron chi connectivity index (χ2n) is 4.35. The minimum atomic E-state index is -0.0456. The smallest absolute Gasteiger partial charge is 0.251 e. The van der Waals surface area contributed by atoms with Crippen molar-refractivity contribution >= 4 is 23.4 Å². The van der Waals surface area contributed by atoms with Crippen LogP contribution in [0.15, 0.2) is 12.1 Å². The molecule has 0 radical (unpaired) electrons. The lowest BCUT2D eigenvalue weighted by Gasteiger charge is -2.14. The molecule has 0 heterocycles. The third-order valence-electron chi connectivity index (χ3n) is 2.65. The van der Waals surface area contributed by atoms with Gasteiger partial charge < -0.3 is 11.1 Å². The molecule has 1 unspecified atom stereocenters. The highest BCUT2D eigenvalue weighted by atomic mass is 32.2. The van der Waals surface area contributed by atoms with Crippen molar-refractivity contribution < 1.29 is 4.79 Å². The molecular formula is C13H20N2OS. The lowest BCUT2D eigenvalue weighted by molar-refractivity contribution is 0.0943. The predicted octanol–water partition coefficient (Wildman–Crippen LogP) is 2.37. The highest BCUT2D eigenvalue weighted by molar-refractivity contribution is 7.98. The Morgan fingerprint density at radius 1 is 1.41 bits per heavy atom. The minimum absolute atomic E-state index is 0.0456. The summed E-state index contributed by atoms with van der Waals surface area (Å²) in [6.45, 7) is 5.88. The van der Waals surface area contributed by atoms with Gasteiger partial charge in [0.05, 0.1) is 0 Å². The van der Waals surface area contributed by atoms with Crippen LogP contribution in [-0.2, 0) is 0 Å². The second kappa shape index (κ2) is 5.96. The molecule has 1 aromatic carbocycles. The van der Waals surface area contributed by atoms with Crippen LogP contribution in [0.1, 0.15) is 28.4 Å². The molecule has 0 saturated carbocycles. The number of amides is 1. The molecule has 94 valence electrons. The summed E-state index contributed by atoms with van der Waals surface area (Å²) in [6.07, 6.45) is 2.03. The van der Waals surface area contributed by atoms with Crippen LogP contribution < -0.4 is 11.1 Å². The summed E-state index contributed by atoms with van der Waals surface area (Å²) >= 11 is 1.72. The number of hydrogen-bond donors (Lipinski definition) is 2. The first-order valence-corrected chi connectivity index (χ1v) is 7.01. The fraction of sp³-hybridized carbons (Fsp3) is 0.462. The van der Waals surface area contributed by atoms with Gasteiger partial charge in [0.25, 0.3) is 5.91 Å². The topological polar surface area (TPSA) is 55.1 Å². The van der Waals surface area contributed by atoms with E-state index in [4.69, 9.17) is 5.73 Å². The summed E-state index contributed by atoms with van der Waals surface area (Å²) in [6, 6.07) is 3.87. The van der Waals surface area contributed by atoms with Crippen molar-refractivity contribution in [3.63, 3.8) is 0 Å². The Hall–Kier alpha value is -1.16. The lowest BCUT2D eigenvalue weighted by Crippen LogP contribution is -2.34. The molecule has 4 heteroatoms. The first kappa shape index (κ1) is 13.9. The van der Waals surface area contributed by atoms with E-state index in [1.165, 1.54) is 0 Å². The van der Waals surface area contributed by atoms with Gasteiger partial charge in [0.1, 0.15) is 0 Å². The van der Waals surface area contributed by atoms with E-state index >= 15 is 0 Å². The Morgan fingerprint density at radius 3 is 2.65 bits per heavy atom. The number of nitrogen functional groups attached to an aromatic ring is 1. The first-order chi connectivity index (χ1) is 7.95. The third-order valence-corrected chi connectivity index (χ3v) is 3.49. The molecule has 17 heavy (non-hydrogen) atoms. The molecule has 0 aliphatic heterocycles. The molecule has 0 aliphatic rings. The van der Waals surface area contributed by atoms with Gasteiger partial charge in [-0.2, -0.15) is 11.8 Å². The van der Waals surface area contributed by atoms with Gasteiger partial charge in [-0.1, -0.05) is 6.07 Å². The van der Waals surface area contributed by atoms with E-state index in [1.807, 2.05) is 33.1 Å². The highest BCUT2D eigenvalue weighted by Crippen LogP contribution is 2.17. The summed E-state index contributed by atoms with van der Waals surface area (Å²) in [5, 5.41) is 2.97. The Morgan fingerprint density at radius 2 is 2.06 bits per heavy atom. The molecule has 1 aromatic rings. The number of nitrogens with one attached hydrogen (secondary N) is 1. The molecule has 1 amide bonds. The number of carbonyl (C=O) groups is 1. The monoisotopic (exact) mass is 252 g/mol. The van der Waals surface area contributed by atoms with Crippen molar-refractivity contribution in [1.82, 2.24) is 5.32 Å². The van der Waals surface area contributed by atoms with Crippen LogP contribution in [0.4, 0.5) is 5.69 Å². The summed E-state index contributed by atoms with van der Waals surface area (Å²) in [4.78, 5) is 12.0. The van der Waals surface area contributed by atoms with Crippen molar-refractivity contribution in [2.45, 2.75) is 26.8 Å². The quantitative estimate of drug-likeness (QED) is 0.809. The summed E-state index contributed by atoms with van der Waals surface area (Å²) in [5.74, 6) is 0.863. The maximum Gasteiger partial charge on any atom is 0.251 e. The fourth-order valence-corrected chi connectivity index (χ4v) is 2.29. The molecule has 0 fully saturated rings. The zero-order chi connectivity index (χ0) is 13.0. The van der Waals surface area contributed by atoms with Crippen molar-refractivity contribution in [3.8, 4) is 0 Å². The molecule has 0 spiro atoms. The van der Waals surface area contributed by atoms with Gasteiger partial charge in [0, 0.05) is 23.0 Å². The van der Waals surface area contributed by atoms with E-state index in [0.29, 0.717) is 11.3 Å². The van der Waals surface area contributed by atoms with Gasteiger partial charge in [0.2, 0.25) is 0 Å². The Balaban J connectivity index is 2.86. The van der Waals surface area contributed by atoms with Gasteiger partial charge in [-0.3, -0.25) is 4.79 Å². The minimum Gasteiger partial charge on any atom is -0.398 e. The van der Waals surface area contributed by atoms with Crippen LogP contribution in [-0.4, -0.2) is 24.0 Å². The van der Waals surface area contributed by atoms with Gasteiger partial charge >= 0.3 is 0 Å². The third kappa shape index (κ3) is 3.66. The van der Waals surface area contributed by atoms with Gasteiger partial charge in [-0.15, -0.1) is 0 Å². The van der Waals surface area contributed by atoms with E-state index < -0.39 is 0 Å². The summed E-state index contributed by atoms with van der Waals surface area (Å²) in [5.41, 5.74) is 9.14.